The largest absolute Gasteiger partial charge is 3.00 e. The Labute approximate surface area is 88.6 Å². The van der Waals surface area contributed by atoms with Crippen LogP contribution in [0.4, 0.5) is 0 Å². The van der Waals surface area contributed by atoms with E-state index in [1.54, 1.807) is 0 Å². The average molecular weight is 395 g/mol. The minimum atomic E-state index is 0. The summed E-state index contributed by atoms with van der Waals surface area (Å²) in [5.74, 6) is 0. The summed E-state index contributed by atoms with van der Waals surface area (Å²) in [5, 5.41) is 0. The van der Waals surface area contributed by atoms with E-state index in [9.17, 15) is 0 Å². The van der Waals surface area contributed by atoms with Crippen LogP contribution in [0.5, 0.6) is 0 Å². The van der Waals surface area contributed by atoms with Crippen molar-refractivity contribution in [2.45, 2.75) is 0 Å². The maximum absolute atomic E-state index is 0. The third-order valence-corrected chi connectivity index (χ3v) is 0. The SMILES string of the molecule is [Bi+3].[Mn+2].[O-2].[O-2].[O-2].[O-2].[O-2].[V]. The third kappa shape index (κ3) is 112. The van der Waals surface area contributed by atoms with E-state index in [-0.39, 0.29) is 89.2 Å². The normalized spacial score (nSPS) is 0. The molecule has 0 heterocycles. The molecular formula is BiMnO5V-5. The number of hydrogen-bond donors (Lipinski definition) is 0. The monoisotopic (exact) mass is 395 g/mol. The zero-order valence-corrected chi connectivity index (χ0v) is 9.37. The van der Waals surface area contributed by atoms with Crippen LogP contribution in [-0.4, -0.2) is 26.2 Å². The van der Waals surface area contributed by atoms with Gasteiger partial charge in [-0.2, -0.15) is 0 Å². The summed E-state index contributed by atoms with van der Waals surface area (Å²) in [6.45, 7) is 0. The molecule has 0 bridgehead atoms. The van der Waals surface area contributed by atoms with E-state index in [1.807, 2.05) is 0 Å². The average Bonchev–Trinajstić information content (AvgIpc) is 0. The molecule has 0 saturated heterocycles. The Bertz CT molecular complexity index is 12.4. The summed E-state index contributed by atoms with van der Waals surface area (Å²) in [6, 6.07) is 0. The van der Waals surface area contributed by atoms with E-state index in [0.717, 1.165) is 0 Å². The van der Waals surface area contributed by atoms with Gasteiger partial charge in [-0.1, -0.05) is 0 Å². The molecule has 0 rings (SSSR count). The molecule has 0 aliphatic heterocycles. The van der Waals surface area contributed by atoms with Gasteiger partial charge in [0.25, 0.3) is 0 Å². The zero-order valence-electron chi connectivity index (χ0n) is 3.31. The number of rotatable bonds is 0. The Balaban J connectivity index is 0. The van der Waals surface area contributed by atoms with Crippen molar-refractivity contribution in [3.8, 4) is 0 Å². The van der Waals surface area contributed by atoms with Crippen LogP contribution in [0.25, 0.3) is 0 Å². The Hall–Kier alpha value is 1.79. The second-order valence-electron chi connectivity index (χ2n) is 0. The Kier molecular flexibility index (Phi) is 4940. The van der Waals surface area contributed by atoms with Crippen LogP contribution in [0.2, 0.25) is 0 Å². The molecule has 0 aliphatic carbocycles. The van der Waals surface area contributed by atoms with Crippen molar-refractivity contribution < 1.29 is 63.0 Å². The molecule has 0 fully saturated rings. The van der Waals surface area contributed by atoms with Crippen LogP contribution in [0.15, 0.2) is 0 Å². The Morgan fingerprint density at radius 1 is 0.500 bits per heavy atom. The molecule has 0 atom stereocenters. The summed E-state index contributed by atoms with van der Waals surface area (Å²) >= 11 is 0. The van der Waals surface area contributed by atoms with Crippen molar-refractivity contribution in [1.29, 1.82) is 0 Å². The summed E-state index contributed by atoms with van der Waals surface area (Å²) < 4.78 is 0. The summed E-state index contributed by atoms with van der Waals surface area (Å²) in [7, 11) is 0. The minimum absolute atomic E-state index is 0. The van der Waals surface area contributed by atoms with E-state index >= 15 is 0 Å². The van der Waals surface area contributed by atoms with Crippen LogP contribution in [0.1, 0.15) is 0 Å². The second kappa shape index (κ2) is 167. The molecule has 8 heteroatoms. The van der Waals surface area contributed by atoms with Crippen molar-refractivity contribution in [1.82, 2.24) is 0 Å². The van der Waals surface area contributed by atoms with Crippen molar-refractivity contribution in [2.75, 3.05) is 0 Å². The topological polar surface area (TPSA) is 142 Å². The molecule has 8 heavy (non-hydrogen) atoms. The van der Waals surface area contributed by atoms with E-state index in [0.29, 0.717) is 0 Å². The van der Waals surface area contributed by atoms with Gasteiger partial charge in [0, 0.05) is 18.6 Å². The summed E-state index contributed by atoms with van der Waals surface area (Å²) in [4.78, 5) is 0. The fourth-order valence-electron chi connectivity index (χ4n) is 0. The van der Waals surface area contributed by atoms with Gasteiger partial charge in [0.15, 0.2) is 0 Å². The predicted molar refractivity (Wildman–Crippen MR) is 9.19 cm³/mol. The van der Waals surface area contributed by atoms with E-state index in [4.69, 9.17) is 0 Å². The van der Waals surface area contributed by atoms with Crippen molar-refractivity contribution in [3.05, 3.63) is 0 Å². The van der Waals surface area contributed by atoms with E-state index < -0.39 is 0 Å². The second-order valence-corrected chi connectivity index (χ2v) is 0. The third-order valence-electron chi connectivity index (χ3n) is 0. The first-order chi connectivity index (χ1) is 0. The molecular weight excluding hydrogens is 395 g/mol. The summed E-state index contributed by atoms with van der Waals surface area (Å²) in [5.41, 5.74) is 0. The quantitative estimate of drug-likeness (QED) is 0.465. The van der Waals surface area contributed by atoms with Crippen molar-refractivity contribution in [3.63, 3.8) is 0 Å². The van der Waals surface area contributed by atoms with Gasteiger partial charge in [-0.3, -0.25) is 0 Å². The first kappa shape index (κ1) is 237. The van der Waals surface area contributed by atoms with Crippen molar-refractivity contribution >= 4 is 26.2 Å². The molecule has 52 valence electrons. The molecule has 0 aliphatic rings. The molecule has 0 aromatic heterocycles. The molecule has 0 unspecified atom stereocenters. The van der Waals surface area contributed by atoms with Gasteiger partial charge in [-0.15, -0.1) is 0 Å². The van der Waals surface area contributed by atoms with Gasteiger partial charge in [0.2, 0.25) is 0 Å². The van der Waals surface area contributed by atoms with Crippen molar-refractivity contribution in [2.24, 2.45) is 0 Å². The van der Waals surface area contributed by atoms with Crippen LogP contribution >= 0.6 is 0 Å². The fraction of sp³-hybridized carbons (Fsp3) is 0. The van der Waals surface area contributed by atoms with Gasteiger partial charge >= 0.3 is 43.3 Å². The first-order valence-corrected chi connectivity index (χ1v) is 0. The summed E-state index contributed by atoms with van der Waals surface area (Å²) in [6.07, 6.45) is 0. The molecule has 0 saturated carbocycles. The van der Waals surface area contributed by atoms with Gasteiger partial charge in [-0.25, -0.2) is 0 Å². The molecule has 0 spiro atoms. The Morgan fingerprint density at radius 3 is 0.500 bits per heavy atom. The van der Waals surface area contributed by atoms with Crippen LogP contribution in [-0.2, 0) is 63.0 Å². The van der Waals surface area contributed by atoms with Gasteiger partial charge in [0.05, 0.1) is 0 Å². The maximum Gasteiger partial charge on any atom is 3.00 e. The van der Waals surface area contributed by atoms with E-state index in [2.05, 4.69) is 0 Å². The maximum atomic E-state index is 0. The Morgan fingerprint density at radius 2 is 0.500 bits per heavy atom. The molecule has 0 aromatic carbocycles. The fourth-order valence-corrected chi connectivity index (χ4v) is 0. The zero-order chi connectivity index (χ0) is 0. The molecule has 0 N–H and O–H groups in total. The minimum Gasteiger partial charge on any atom is -2.00 e. The van der Waals surface area contributed by atoms with E-state index in [1.165, 1.54) is 0 Å². The van der Waals surface area contributed by atoms with Gasteiger partial charge < -0.3 is 27.4 Å². The van der Waals surface area contributed by atoms with Gasteiger partial charge in [-0.05, 0) is 0 Å². The smallest absolute Gasteiger partial charge is 2.00 e. The van der Waals surface area contributed by atoms with Crippen LogP contribution in [0, 0.1) is 0 Å². The van der Waals surface area contributed by atoms with Crippen LogP contribution in [0.3, 0.4) is 0 Å². The first-order valence-electron chi connectivity index (χ1n) is 0. The molecule has 5 nitrogen and oxygen atoms in total. The van der Waals surface area contributed by atoms with Crippen LogP contribution < -0.4 is 0 Å². The predicted octanol–water partition coefficient (Wildman–Crippen LogP) is -0.980. The van der Waals surface area contributed by atoms with Gasteiger partial charge in [0.1, 0.15) is 0 Å². The standard InChI is InChI=1S/Bi.Mn.5O.V/q+3;+2;5*-2;. The number of hydrogen-bond acceptors (Lipinski definition) is 0. The molecule has 0 amide bonds. The molecule has 4 radical (unpaired) electrons. The molecule has 0 aromatic rings.